The van der Waals surface area contributed by atoms with Crippen LogP contribution in [0, 0.1) is 10.1 Å². The summed E-state index contributed by atoms with van der Waals surface area (Å²) in [7, 11) is 0. The summed E-state index contributed by atoms with van der Waals surface area (Å²) in [4.78, 5) is 55.6. The van der Waals surface area contributed by atoms with E-state index < -0.39 is 28.3 Å². The van der Waals surface area contributed by atoms with Gasteiger partial charge < -0.3 is 0 Å². The number of carbonyl (C=O) groups excluding carboxylic acids is 3. The molecule has 0 saturated carbocycles. The Morgan fingerprint density at radius 3 is 2.18 bits per heavy atom. The zero-order chi connectivity index (χ0) is 24.1. The molecule has 1 aliphatic heterocycles. The van der Waals surface area contributed by atoms with E-state index in [-0.39, 0.29) is 50.1 Å². The van der Waals surface area contributed by atoms with Gasteiger partial charge in [0.1, 0.15) is 11.4 Å². The SMILES string of the molecule is O=C1c2ccccc2C(=O)N1Cc1nc2cc(Cl)c(Cl)cc2n1C(=O)c1ccccc1[N+](=O)[O-]. The van der Waals surface area contributed by atoms with Crippen LogP contribution in [0.3, 0.4) is 0 Å². The largest absolute Gasteiger partial charge is 0.282 e. The number of hydrogen-bond donors (Lipinski definition) is 0. The molecule has 0 unspecified atom stereocenters. The van der Waals surface area contributed by atoms with Crippen LogP contribution >= 0.6 is 23.2 Å². The lowest BCUT2D eigenvalue weighted by molar-refractivity contribution is -0.385. The Labute approximate surface area is 201 Å². The van der Waals surface area contributed by atoms with Crippen molar-refractivity contribution in [1.29, 1.82) is 0 Å². The van der Waals surface area contributed by atoms with Crippen molar-refractivity contribution in [3.05, 3.63) is 103 Å². The van der Waals surface area contributed by atoms with Crippen LogP contribution in [0.2, 0.25) is 10.0 Å². The predicted octanol–water partition coefficient (Wildman–Crippen LogP) is 4.74. The zero-order valence-electron chi connectivity index (χ0n) is 17.1. The summed E-state index contributed by atoms with van der Waals surface area (Å²) in [5, 5.41) is 11.8. The van der Waals surface area contributed by atoms with E-state index >= 15 is 0 Å². The van der Waals surface area contributed by atoms with Gasteiger partial charge in [-0.15, -0.1) is 0 Å². The van der Waals surface area contributed by atoms with E-state index in [0.29, 0.717) is 0 Å². The third-order valence-electron chi connectivity index (χ3n) is 5.48. The van der Waals surface area contributed by atoms with Gasteiger partial charge in [-0.3, -0.25) is 34.0 Å². The van der Waals surface area contributed by atoms with Crippen molar-refractivity contribution in [3.8, 4) is 0 Å². The van der Waals surface area contributed by atoms with Gasteiger partial charge in [0.2, 0.25) is 0 Å². The van der Waals surface area contributed by atoms with Crippen LogP contribution in [0.1, 0.15) is 36.9 Å². The number of nitro benzene ring substituents is 1. The molecule has 2 heterocycles. The van der Waals surface area contributed by atoms with Crippen LogP contribution in [0.15, 0.2) is 60.7 Å². The first-order chi connectivity index (χ1) is 16.3. The second kappa shape index (κ2) is 8.05. The van der Waals surface area contributed by atoms with E-state index in [2.05, 4.69) is 4.98 Å². The number of aromatic nitrogens is 2. The van der Waals surface area contributed by atoms with Gasteiger partial charge >= 0.3 is 0 Å². The number of nitrogens with zero attached hydrogens (tertiary/aromatic N) is 4. The molecule has 4 aromatic rings. The number of para-hydroxylation sites is 1. The highest BCUT2D eigenvalue weighted by Crippen LogP contribution is 2.31. The Morgan fingerprint density at radius 2 is 1.53 bits per heavy atom. The normalized spacial score (nSPS) is 12.9. The second-order valence-corrected chi connectivity index (χ2v) is 8.25. The summed E-state index contributed by atoms with van der Waals surface area (Å²) in [6.45, 7) is -0.345. The van der Waals surface area contributed by atoms with Gasteiger partial charge in [-0.1, -0.05) is 47.5 Å². The van der Waals surface area contributed by atoms with Gasteiger partial charge in [0.05, 0.1) is 43.7 Å². The molecule has 5 rings (SSSR count). The molecule has 0 atom stereocenters. The number of imidazole rings is 1. The Bertz CT molecular complexity index is 1530. The van der Waals surface area contributed by atoms with Crippen LogP contribution in [0.25, 0.3) is 11.0 Å². The maximum absolute atomic E-state index is 13.6. The molecule has 34 heavy (non-hydrogen) atoms. The predicted molar refractivity (Wildman–Crippen MR) is 123 cm³/mol. The summed E-state index contributed by atoms with van der Waals surface area (Å²) in [5.41, 5.74) is 0.386. The molecule has 3 aromatic carbocycles. The number of nitro groups is 1. The van der Waals surface area contributed by atoms with Gasteiger partial charge in [-0.05, 0) is 30.3 Å². The highest BCUT2D eigenvalue weighted by Gasteiger charge is 2.37. The Kier molecular flexibility index (Phi) is 5.15. The molecule has 1 aliphatic rings. The smallest absolute Gasteiger partial charge is 0.269 e. The van der Waals surface area contributed by atoms with E-state index in [1.807, 2.05) is 0 Å². The average Bonchev–Trinajstić information content (AvgIpc) is 3.29. The van der Waals surface area contributed by atoms with Crippen molar-refractivity contribution >= 4 is 57.6 Å². The van der Waals surface area contributed by atoms with Crippen molar-refractivity contribution in [3.63, 3.8) is 0 Å². The number of fused-ring (bicyclic) bond motifs is 2. The molecule has 0 bridgehead atoms. The Balaban J connectivity index is 1.67. The number of imide groups is 1. The van der Waals surface area contributed by atoms with Gasteiger partial charge in [0.25, 0.3) is 23.4 Å². The first-order valence-electron chi connectivity index (χ1n) is 9.87. The topological polar surface area (TPSA) is 115 Å². The minimum absolute atomic E-state index is 0.0194. The van der Waals surface area contributed by atoms with Crippen LogP contribution in [-0.4, -0.2) is 37.1 Å². The molecule has 1 aromatic heterocycles. The molecular weight excluding hydrogens is 483 g/mol. The summed E-state index contributed by atoms with van der Waals surface area (Å²) < 4.78 is 1.11. The summed E-state index contributed by atoms with van der Waals surface area (Å²) in [6, 6.07) is 14.7. The van der Waals surface area contributed by atoms with Gasteiger partial charge in [0.15, 0.2) is 0 Å². The van der Waals surface area contributed by atoms with E-state index in [4.69, 9.17) is 23.2 Å². The van der Waals surface area contributed by atoms with Gasteiger partial charge in [-0.25, -0.2) is 4.98 Å². The Morgan fingerprint density at radius 1 is 0.941 bits per heavy atom. The number of benzene rings is 3. The van der Waals surface area contributed by atoms with Gasteiger partial charge in [0, 0.05) is 6.07 Å². The third-order valence-corrected chi connectivity index (χ3v) is 6.20. The van der Waals surface area contributed by atoms with Crippen molar-refractivity contribution in [2.24, 2.45) is 0 Å². The van der Waals surface area contributed by atoms with E-state index in [9.17, 15) is 24.5 Å². The molecule has 0 spiro atoms. The highest BCUT2D eigenvalue weighted by molar-refractivity contribution is 6.42. The van der Waals surface area contributed by atoms with Crippen molar-refractivity contribution < 1.29 is 19.3 Å². The Hall–Kier alpha value is -4.08. The average molecular weight is 495 g/mol. The molecule has 0 radical (unpaired) electrons. The lowest BCUT2D eigenvalue weighted by Gasteiger charge is -2.15. The molecule has 168 valence electrons. The fourth-order valence-corrected chi connectivity index (χ4v) is 4.23. The molecule has 0 saturated heterocycles. The van der Waals surface area contributed by atoms with Crippen molar-refractivity contribution in [2.75, 3.05) is 0 Å². The fraction of sp³-hybridized carbons (Fsp3) is 0.0435. The maximum Gasteiger partial charge on any atom is 0.282 e. The van der Waals surface area contributed by atoms with E-state index in [1.165, 1.54) is 48.5 Å². The van der Waals surface area contributed by atoms with Crippen molar-refractivity contribution in [1.82, 2.24) is 14.5 Å². The van der Waals surface area contributed by atoms with Crippen LogP contribution < -0.4 is 0 Å². The minimum atomic E-state index is -0.764. The summed E-state index contributed by atoms with van der Waals surface area (Å²) in [5.74, 6) is -1.81. The van der Waals surface area contributed by atoms with Crippen molar-refractivity contribution in [2.45, 2.75) is 6.54 Å². The number of halogens is 2. The van der Waals surface area contributed by atoms with Crippen LogP contribution in [0.5, 0.6) is 0 Å². The van der Waals surface area contributed by atoms with Crippen LogP contribution in [0.4, 0.5) is 5.69 Å². The molecule has 0 fully saturated rings. The van der Waals surface area contributed by atoms with E-state index in [0.717, 1.165) is 9.47 Å². The fourth-order valence-electron chi connectivity index (χ4n) is 3.91. The van der Waals surface area contributed by atoms with Crippen LogP contribution in [-0.2, 0) is 6.54 Å². The highest BCUT2D eigenvalue weighted by atomic mass is 35.5. The lowest BCUT2D eigenvalue weighted by atomic mass is 10.1. The standard InChI is InChI=1S/C23H12Cl2N4O5/c24-15-9-17-19(10-16(15)25)28(23(32)14-7-3-4-8-18(14)29(33)34)20(26-17)11-27-21(30)12-5-1-2-6-13(12)22(27)31/h1-10H,11H2. The quantitative estimate of drug-likeness (QED) is 0.230. The number of hydrogen-bond acceptors (Lipinski definition) is 6. The molecular formula is C23H12Cl2N4O5. The van der Waals surface area contributed by atoms with E-state index in [1.54, 1.807) is 12.1 Å². The number of rotatable bonds is 4. The molecule has 0 aliphatic carbocycles. The second-order valence-electron chi connectivity index (χ2n) is 7.44. The maximum atomic E-state index is 13.6. The summed E-state index contributed by atoms with van der Waals surface area (Å²) >= 11 is 12.3. The monoisotopic (exact) mass is 494 g/mol. The molecule has 9 nitrogen and oxygen atoms in total. The first-order valence-corrected chi connectivity index (χ1v) is 10.6. The first kappa shape index (κ1) is 21.7. The molecule has 11 heteroatoms. The minimum Gasteiger partial charge on any atom is -0.269 e. The number of carbonyl (C=O) groups is 3. The zero-order valence-corrected chi connectivity index (χ0v) is 18.6. The summed E-state index contributed by atoms with van der Waals surface area (Å²) in [6.07, 6.45) is 0. The van der Waals surface area contributed by atoms with Gasteiger partial charge in [-0.2, -0.15) is 0 Å². The third kappa shape index (κ3) is 3.33. The number of amides is 2. The molecule has 2 amide bonds. The lowest BCUT2D eigenvalue weighted by Crippen LogP contribution is -2.31. The molecule has 0 N–H and O–H groups in total.